The number of benzene rings is 1. The molecule has 0 amide bonds. The first kappa shape index (κ1) is 17.0. The lowest BCUT2D eigenvalue weighted by Crippen LogP contribution is -2.42. The molecule has 0 radical (unpaired) electrons. The van der Waals surface area contributed by atoms with E-state index in [2.05, 4.69) is 30.3 Å². The molecule has 1 aromatic rings. The summed E-state index contributed by atoms with van der Waals surface area (Å²) in [6.45, 7) is 2.07. The van der Waals surface area contributed by atoms with Gasteiger partial charge in [0.25, 0.3) is 0 Å². The summed E-state index contributed by atoms with van der Waals surface area (Å²) >= 11 is 0. The lowest BCUT2D eigenvalue weighted by molar-refractivity contribution is 0.0893. The molecule has 0 unspecified atom stereocenters. The fraction of sp³-hybridized carbons (Fsp3) is 0.727. The van der Waals surface area contributed by atoms with Crippen LogP contribution in [-0.4, -0.2) is 24.5 Å². The van der Waals surface area contributed by atoms with Crippen molar-refractivity contribution in [3.63, 3.8) is 0 Å². The van der Waals surface area contributed by atoms with Crippen LogP contribution in [0.1, 0.15) is 64.2 Å². The van der Waals surface area contributed by atoms with Gasteiger partial charge >= 0.3 is 0 Å². The zero-order valence-corrected chi connectivity index (χ0v) is 15.9. The van der Waals surface area contributed by atoms with E-state index >= 15 is 0 Å². The molecule has 2 saturated carbocycles. The first-order chi connectivity index (χ1) is 11.9. The van der Waals surface area contributed by atoms with Crippen LogP contribution in [-0.2, 0) is 4.74 Å². The van der Waals surface area contributed by atoms with E-state index in [1.165, 1.54) is 64.2 Å². The summed E-state index contributed by atoms with van der Waals surface area (Å²) in [4.78, 5) is 0. The highest BCUT2D eigenvalue weighted by atomic mass is 31.1. The molecule has 2 heteroatoms. The summed E-state index contributed by atoms with van der Waals surface area (Å²) in [7, 11) is -0.0644. The van der Waals surface area contributed by atoms with Crippen molar-refractivity contribution in [2.45, 2.75) is 75.5 Å². The average Bonchev–Trinajstić information content (AvgIpc) is 2.69. The van der Waals surface area contributed by atoms with Crippen LogP contribution in [0, 0.1) is 11.8 Å². The quantitative estimate of drug-likeness (QED) is 0.637. The first-order valence-corrected chi connectivity index (χ1v) is 11.8. The van der Waals surface area contributed by atoms with E-state index < -0.39 is 0 Å². The summed E-state index contributed by atoms with van der Waals surface area (Å²) in [6, 6.07) is 11.6. The van der Waals surface area contributed by atoms with Gasteiger partial charge in [0.15, 0.2) is 0 Å². The van der Waals surface area contributed by atoms with Crippen LogP contribution in [0.15, 0.2) is 30.3 Å². The molecule has 1 nitrogen and oxygen atoms in total. The highest BCUT2D eigenvalue weighted by Gasteiger charge is 2.42. The average molecular weight is 344 g/mol. The lowest BCUT2D eigenvalue weighted by atomic mass is 9.86. The molecule has 2 atom stereocenters. The summed E-state index contributed by atoms with van der Waals surface area (Å²) in [5, 5.41) is 1.67. The van der Waals surface area contributed by atoms with Gasteiger partial charge in [-0.1, -0.05) is 76.8 Å². The van der Waals surface area contributed by atoms with Gasteiger partial charge in [0.05, 0.1) is 13.2 Å². The Morgan fingerprint density at radius 1 is 0.667 bits per heavy atom. The van der Waals surface area contributed by atoms with Crippen LogP contribution in [0.2, 0.25) is 0 Å². The third-order valence-electron chi connectivity index (χ3n) is 6.73. The molecular formula is C22H33OP. The van der Waals surface area contributed by atoms with E-state index in [4.69, 9.17) is 4.74 Å². The van der Waals surface area contributed by atoms with E-state index in [0.29, 0.717) is 0 Å². The Morgan fingerprint density at radius 3 is 1.67 bits per heavy atom. The Kier molecular flexibility index (Phi) is 5.91. The largest absolute Gasteiger partial charge is 0.380 e. The van der Waals surface area contributed by atoms with E-state index in [-0.39, 0.29) is 7.92 Å². The van der Waals surface area contributed by atoms with Gasteiger partial charge in [0, 0.05) is 11.3 Å². The van der Waals surface area contributed by atoms with Crippen LogP contribution in [0.25, 0.3) is 0 Å². The minimum Gasteiger partial charge on any atom is -0.380 e. The fourth-order valence-electron chi connectivity index (χ4n) is 5.46. The molecule has 0 bridgehead atoms. The SMILES string of the molecule is c1ccc(P2[C@H](C3CCCCC3)COC[C@H]2C2CCCCC2)cc1. The van der Waals surface area contributed by atoms with Gasteiger partial charge in [0.2, 0.25) is 0 Å². The zero-order valence-electron chi connectivity index (χ0n) is 15.0. The predicted molar refractivity (Wildman–Crippen MR) is 105 cm³/mol. The number of ether oxygens (including phenoxy) is 1. The van der Waals surface area contributed by atoms with Gasteiger partial charge in [-0.3, -0.25) is 0 Å². The van der Waals surface area contributed by atoms with Crippen LogP contribution in [0.3, 0.4) is 0 Å². The monoisotopic (exact) mass is 344 g/mol. The van der Waals surface area contributed by atoms with Gasteiger partial charge in [-0.25, -0.2) is 0 Å². The maximum absolute atomic E-state index is 6.27. The first-order valence-electron chi connectivity index (χ1n) is 10.3. The Hall–Kier alpha value is -0.390. The topological polar surface area (TPSA) is 9.23 Å². The summed E-state index contributed by atoms with van der Waals surface area (Å²) in [6.07, 6.45) is 14.5. The molecule has 4 rings (SSSR count). The van der Waals surface area contributed by atoms with Crippen molar-refractivity contribution in [2.24, 2.45) is 11.8 Å². The lowest BCUT2D eigenvalue weighted by Gasteiger charge is -2.47. The van der Waals surface area contributed by atoms with Crippen molar-refractivity contribution in [3.05, 3.63) is 30.3 Å². The molecule has 132 valence electrons. The standard InChI is InChI=1S/C22H33OP/c1-4-10-18(11-5-1)21-16-23-17-22(19-12-6-2-7-13-19)24(21)20-14-8-3-9-15-20/h3,8-9,14-15,18-19,21-22H,1-2,4-7,10-13,16-17H2/t21-,22-/m0/s1. The molecule has 1 aromatic carbocycles. The van der Waals surface area contributed by atoms with Crippen molar-refractivity contribution in [3.8, 4) is 0 Å². The Bertz CT molecular complexity index is 464. The normalized spacial score (nSPS) is 31.2. The van der Waals surface area contributed by atoms with Crippen molar-refractivity contribution in [1.29, 1.82) is 0 Å². The fourth-order valence-corrected chi connectivity index (χ4v) is 9.27. The number of hydrogen-bond acceptors (Lipinski definition) is 1. The highest BCUT2D eigenvalue weighted by Crippen LogP contribution is 2.57. The molecule has 24 heavy (non-hydrogen) atoms. The van der Waals surface area contributed by atoms with Gasteiger partial charge in [-0.2, -0.15) is 0 Å². The minimum absolute atomic E-state index is 0.0644. The molecule has 0 N–H and O–H groups in total. The second kappa shape index (κ2) is 8.33. The molecule has 2 aliphatic carbocycles. The van der Waals surface area contributed by atoms with Crippen molar-refractivity contribution in [2.75, 3.05) is 13.2 Å². The van der Waals surface area contributed by atoms with Crippen molar-refractivity contribution >= 4 is 13.2 Å². The van der Waals surface area contributed by atoms with Crippen LogP contribution in [0.5, 0.6) is 0 Å². The molecule has 1 aliphatic heterocycles. The maximum atomic E-state index is 6.27. The van der Waals surface area contributed by atoms with E-state index in [9.17, 15) is 0 Å². The molecule has 1 saturated heterocycles. The molecular weight excluding hydrogens is 311 g/mol. The van der Waals surface area contributed by atoms with Crippen molar-refractivity contribution in [1.82, 2.24) is 0 Å². The Balaban J connectivity index is 1.61. The molecule has 0 aromatic heterocycles. The van der Waals surface area contributed by atoms with Gasteiger partial charge in [0.1, 0.15) is 0 Å². The minimum atomic E-state index is -0.0644. The molecule has 0 spiro atoms. The predicted octanol–water partition coefficient (Wildman–Crippen LogP) is 5.72. The summed E-state index contributed by atoms with van der Waals surface area (Å²) in [5.74, 6) is 1.85. The van der Waals surface area contributed by atoms with E-state index in [1.54, 1.807) is 5.30 Å². The van der Waals surface area contributed by atoms with Gasteiger partial charge in [-0.15, -0.1) is 0 Å². The van der Waals surface area contributed by atoms with Crippen LogP contribution >= 0.6 is 7.92 Å². The third-order valence-corrected chi connectivity index (χ3v) is 10.2. The zero-order chi connectivity index (χ0) is 16.2. The van der Waals surface area contributed by atoms with Crippen molar-refractivity contribution < 1.29 is 4.74 Å². The van der Waals surface area contributed by atoms with Gasteiger partial charge in [-0.05, 0) is 42.8 Å². The summed E-state index contributed by atoms with van der Waals surface area (Å²) in [5.41, 5.74) is 1.65. The smallest absolute Gasteiger partial charge is 0.0539 e. The summed E-state index contributed by atoms with van der Waals surface area (Å²) < 4.78 is 6.27. The molecule has 3 fully saturated rings. The molecule has 3 aliphatic rings. The van der Waals surface area contributed by atoms with Crippen LogP contribution in [0.4, 0.5) is 0 Å². The van der Waals surface area contributed by atoms with Crippen LogP contribution < -0.4 is 5.30 Å². The highest BCUT2D eigenvalue weighted by molar-refractivity contribution is 7.67. The van der Waals surface area contributed by atoms with Gasteiger partial charge < -0.3 is 4.74 Å². The third kappa shape index (κ3) is 3.73. The van der Waals surface area contributed by atoms with E-state index in [1.807, 2.05) is 0 Å². The maximum Gasteiger partial charge on any atom is 0.0539 e. The Morgan fingerprint density at radius 2 is 1.17 bits per heavy atom. The Labute approximate surface area is 149 Å². The van der Waals surface area contributed by atoms with E-state index in [0.717, 1.165) is 36.4 Å². The second-order valence-corrected chi connectivity index (χ2v) is 10.9. The molecule has 1 heterocycles. The second-order valence-electron chi connectivity index (χ2n) is 8.21. The number of rotatable bonds is 3. The number of hydrogen-bond donors (Lipinski definition) is 0.